The molecule has 0 amide bonds. The SMILES string of the molecule is N#Cc1ccsc1S(=O)(=O)Nc1ccncc1. The van der Waals surface area contributed by atoms with E-state index in [2.05, 4.69) is 9.71 Å². The van der Waals surface area contributed by atoms with Crippen LogP contribution in [0.2, 0.25) is 0 Å². The summed E-state index contributed by atoms with van der Waals surface area (Å²) in [4.78, 5) is 3.79. The maximum atomic E-state index is 12.0. The lowest BCUT2D eigenvalue weighted by Crippen LogP contribution is -2.12. The first kappa shape index (κ1) is 11.6. The molecule has 0 saturated heterocycles. The number of sulfonamides is 1. The standard InChI is InChI=1S/C10H7N3O2S2/c11-7-8-3-6-16-10(8)17(14,15)13-9-1-4-12-5-2-9/h1-6H,(H,12,13). The number of nitriles is 1. The number of anilines is 1. The van der Waals surface area contributed by atoms with E-state index < -0.39 is 10.0 Å². The number of hydrogen-bond donors (Lipinski definition) is 1. The summed E-state index contributed by atoms with van der Waals surface area (Å²) >= 11 is 1.01. The molecule has 1 N–H and O–H groups in total. The topological polar surface area (TPSA) is 82.8 Å². The zero-order chi connectivity index (χ0) is 12.3. The van der Waals surface area contributed by atoms with E-state index in [1.807, 2.05) is 6.07 Å². The Bertz CT molecular complexity index is 656. The fourth-order valence-electron chi connectivity index (χ4n) is 1.21. The van der Waals surface area contributed by atoms with Crippen molar-refractivity contribution in [1.82, 2.24) is 4.98 Å². The van der Waals surface area contributed by atoms with Gasteiger partial charge in [0.2, 0.25) is 0 Å². The Labute approximate surface area is 102 Å². The van der Waals surface area contributed by atoms with Crippen molar-refractivity contribution in [3.05, 3.63) is 41.5 Å². The Kier molecular flexibility index (Phi) is 3.08. The van der Waals surface area contributed by atoms with E-state index in [9.17, 15) is 8.42 Å². The maximum absolute atomic E-state index is 12.0. The molecular formula is C10H7N3O2S2. The van der Waals surface area contributed by atoms with Gasteiger partial charge in [-0.2, -0.15) is 5.26 Å². The highest BCUT2D eigenvalue weighted by atomic mass is 32.2. The average Bonchev–Trinajstić information content (AvgIpc) is 2.78. The number of hydrogen-bond acceptors (Lipinski definition) is 5. The lowest BCUT2D eigenvalue weighted by atomic mass is 10.4. The molecular weight excluding hydrogens is 258 g/mol. The minimum absolute atomic E-state index is 0.0248. The third-order valence-electron chi connectivity index (χ3n) is 1.93. The van der Waals surface area contributed by atoms with Crippen LogP contribution in [-0.2, 0) is 10.0 Å². The number of pyridine rings is 1. The first-order chi connectivity index (χ1) is 8.13. The smallest absolute Gasteiger partial charge is 0.272 e. The largest absolute Gasteiger partial charge is 0.279 e. The van der Waals surface area contributed by atoms with Crippen molar-refractivity contribution in [3.63, 3.8) is 0 Å². The monoisotopic (exact) mass is 265 g/mol. The Balaban J connectivity index is 2.36. The van der Waals surface area contributed by atoms with E-state index in [0.717, 1.165) is 11.3 Å². The van der Waals surface area contributed by atoms with Gasteiger partial charge in [0.15, 0.2) is 4.21 Å². The highest BCUT2D eigenvalue weighted by molar-refractivity contribution is 7.94. The molecule has 0 aliphatic heterocycles. The van der Waals surface area contributed by atoms with Gasteiger partial charge in [0.25, 0.3) is 10.0 Å². The van der Waals surface area contributed by atoms with Crippen LogP contribution in [0, 0.1) is 11.3 Å². The molecule has 0 fully saturated rings. The third kappa shape index (κ3) is 2.43. The highest BCUT2D eigenvalue weighted by Crippen LogP contribution is 2.24. The van der Waals surface area contributed by atoms with Gasteiger partial charge in [0.1, 0.15) is 6.07 Å². The Morgan fingerprint density at radius 2 is 2.00 bits per heavy atom. The van der Waals surface area contributed by atoms with Crippen LogP contribution >= 0.6 is 11.3 Å². The van der Waals surface area contributed by atoms with E-state index in [4.69, 9.17) is 5.26 Å². The number of nitrogens with zero attached hydrogens (tertiary/aromatic N) is 2. The summed E-state index contributed by atoms with van der Waals surface area (Å²) in [5.74, 6) is 0. The van der Waals surface area contributed by atoms with Gasteiger partial charge in [-0.3, -0.25) is 9.71 Å². The van der Waals surface area contributed by atoms with E-state index in [-0.39, 0.29) is 9.77 Å². The normalized spacial score (nSPS) is 10.8. The molecule has 2 aromatic heterocycles. The van der Waals surface area contributed by atoms with Crippen molar-refractivity contribution in [3.8, 4) is 6.07 Å². The number of thiophene rings is 1. The van der Waals surface area contributed by atoms with Crippen LogP contribution in [-0.4, -0.2) is 13.4 Å². The first-order valence-corrected chi connectivity index (χ1v) is 6.90. The molecule has 2 heterocycles. The summed E-state index contributed by atoms with van der Waals surface area (Å²) in [6.07, 6.45) is 2.97. The van der Waals surface area contributed by atoms with Crippen LogP contribution in [0.3, 0.4) is 0 Å². The van der Waals surface area contributed by atoms with Gasteiger partial charge in [0, 0.05) is 12.4 Å². The Morgan fingerprint density at radius 1 is 1.29 bits per heavy atom. The minimum Gasteiger partial charge on any atom is -0.279 e. The molecule has 5 nitrogen and oxygen atoms in total. The first-order valence-electron chi connectivity index (χ1n) is 4.54. The summed E-state index contributed by atoms with van der Waals surface area (Å²) in [5.41, 5.74) is 0.564. The quantitative estimate of drug-likeness (QED) is 0.917. The number of aromatic nitrogens is 1. The predicted octanol–water partition coefficient (Wildman–Crippen LogP) is 1.82. The lowest BCUT2D eigenvalue weighted by Gasteiger charge is -2.05. The van der Waals surface area contributed by atoms with Crippen LogP contribution in [0.1, 0.15) is 5.56 Å². The molecule has 0 aliphatic carbocycles. The molecule has 0 unspecified atom stereocenters. The molecule has 86 valence electrons. The molecule has 2 rings (SSSR count). The molecule has 0 atom stereocenters. The van der Waals surface area contributed by atoms with Crippen LogP contribution in [0.25, 0.3) is 0 Å². The van der Waals surface area contributed by atoms with Gasteiger partial charge in [-0.15, -0.1) is 11.3 Å². The molecule has 0 aliphatic rings. The van der Waals surface area contributed by atoms with Gasteiger partial charge >= 0.3 is 0 Å². The second kappa shape index (κ2) is 4.53. The Hall–Kier alpha value is -1.91. The maximum Gasteiger partial charge on any atom is 0.272 e. The molecule has 0 bridgehead atoms. The average molecular weight is 265 g/mol. The summed E-state index contributed by atoms with van der Waals surface area (Å²) in [5, 5.41) is 10.4. The van der Waals surface area contributed by atoms with Gasteiger partial charge < -0.3 is 0 Å². The second-order valence-electron chi connectivity index (χ2n) is 3.07. The van der Waals surface area contributed by atoms with Crippen molar-refractivity contribution >= 4 is 27.0 Å². The molecule has 0 radical (unpaired) electrons. The predicted molar refractivity (Wildman–Crippen MR) is 64.1 cm³/mol. The number of rotatable bonds is 3. The summed E-state index contributed by atoms with van der Waals surface area (Å²) in [6.45, 7) is 0. The summed E-state index contributed by atoms with van der Waals surface area (Å²) < 4.78 is 26.4. The van der Waals surface area contributed by atoms with Gasteiger partial charge in [-0.1, -0.05) is 0 Å². The van der Waals surface area contributed by atoms with Crippen molar-refractivity contribution in [2.75, 3.05) is 4.72 Å². The van der Waals surface area contributed by atoms with Crippen molar-refractivity contribution in [2.24, 2.45) is 0 Å². The van der Waals surface area contributed by atoms with E-state index in [0.29, 0.717) is 5.69 Å². The van der Waals surface area contributed by atoms with E-state index in [1.165, 1.54) is 30.6 Å². The Morgan fingerprint density at radius 3 is 2.65 bits per heavy atom. The van der Waals surface area contributed by atoms with Gasteiger partial charge in [-0.05, 0) is 23.6 Å². The molecule has 7 heteroatoms. The molecule has 17 heavy (non-hydrogen) atoms. The van der Waals surface area contributed by atoms with E-state index >= 15 is 0 Å². The fourth-order valence-corrected chi connectivity index (χ4v) is 3.52. The highest BCUT2D eigenvalue weighted by Gasteiger charge is 2.20. The van der Waals surface area contributed by atoms with E-state index in [1.54, 1.807) is 5.38 Å². The molecule has 0 saturated carbocycles. The van der Waals surface area contributed by atoms with Crippen molar-refractivity contribution < 1.29 is 8.42 Å². The van der Waals surface area contributed by atoms with Crippen molar-refractivity contribution in [2.45, 2.75) is 4.21 Å². The second-order valence-corrected chi connectivity index (χ2v) is 5.87. The van der Waals surface area contributed by atoms with Gasteiger partial charge in [-0.25, -0.2) is 8.42 Å². The third-order valence-corrected chi connectivity index (χ3v) is 4.79. The molecule has 2 aromatic rings. The van der Waals surface area contributed by atoms with Gasteiger partial charge in [0.05, 0.1) is 11.3 Å². The minimum atomic E-state index is -3.69. The summed E-state index contributed by atoms with van der Waals surface area (Å²) in [6, 6.07) is 6.40. The van der Waals surface area contributed by atoms with Crippen molar-refractivity contribution in [1.29, 1.82) is 5.26 Å². The number of nitrogens with one attached hydrogen (secondary N) is 1. The van der Waals surface area contributed by atoms with Crippen LogP contribution in [0.15, 0.2) is 40.2 Å². The van der Waals surface area contributed by atoms with Crippen LogP contribution in [0.5, 0.6) is 0 Å². The zero-order valence-corrected chi connectivity index (χ0v) is 10.1. The fraction of sp³-hybridized carbons (Fsp3) is 0. The summed E-state index contributed by atoms with van der Waals surface area (Å²) in [7, 11) is -3.69. The molecule has 0 aromatic carbocycles. The van der Waals surface area contributed by atoms with Crippen LogP contribution in [0.4, 0.5) is 5.69 Å². The zero-order valence-electron chi connectivity index (χ0n) is 8.49. The lowest BCUT2D eigenvalue weighted by molar-refractivity contribution is 0.603. The molecule has 0 spiro atoms. The van der Waals surface area contributed by atoms with Crippen LogP contribution < -0.4 is 4.72 Å².